The first-order chi connectivity index (χ1) is 9.04. The van der Waals surface area contributed by atoms with Crippen molar-refractivity contribution >= 4 is 21.5 Å². The van der Waals surface area contributed by atoms with Gasteiger partial charge in [0.05, 0.1) is 4.90 Å². The zero-order valence-corrected chi connectivity index (χ0v) is 11.1. The molecule has 0 saturated carbocycles. The lowest BCUT2D eigenvalue weighted by Crippen LogP contribution is -2.13. The molecule has 6 nitrogen and oxygen atoms in total. The third-order valence-electron chi connectivity index (χ3n) is 2.97. The number of nitrogens with one attached hydrogen (secondary N) is 2. The number of aryl methyl sites for hydroxylation is 1. The summed E-state index contributed by atoms with van der Waals surface area (Å²) in [6.07, 6.45) is 0.922. The number of sulfonamides is 1. The van der Waals surface area contributed by atoms with Crippen LogP contribution < -0.4 is 10.0 Å². The standard InChI is InChI=1S/C12H13N3O3S/c1-8-6-12(14-18-8)15-19(16,17)10-3-2-9-4-5-13-11(9)7-10/h2-3,6-7,13H,4-5H2,1H3,(H,14,15). The van der Waals surface area contributed by atoms with E-state index in [1.165, 1.54) is 6.07 Å². The van der Waals surface area contributed by atoms with Gasteiger partial charge in [-0.2, -0.15) is 0 Å². The molecule has 0 spiro atoms. The van der Waals surface area contributed by atoms with Gasteiger partial charge in [0.15, 0.2) is 5.82 Å². The zero-order valence-electron chi connectivity index (χ0n) is 10.3. The fraction of sp³-hybridized carbons (Fsp3) is 0.250. The average molecular weight is 279 g/mol. The van der Waals surface area contributed by atoms with Gasteiger partial charge in [0.1, 0.15) is 5.76 Å². The van der Waals surface area contributed by atoms with Crippen LogP contribution in [-0.4, -0.2) is 20.1 Å². The summed E-state index contributed by atoms with van der Waals surface area (Å²) in [6, 6.07) is 6.60. The van der Waals surface area contributed by atoms with Crippen LogP contribution in [0, 0.1) is 6.92 Å². The molecule has 2 N–H and O–H groups in total. The van der Waals surface area contributed by atoms with Crippen LogP contribution in [0.2, 0.25) is 0 Å². The van der Waals surface area contributed by atoms with Crippen LogP contribution in [0.25, 0.3) is 0 Å². The van der Waals surface area contributed by atoms with Crippen molar-refractivity contribution in [3.63, 3.8) is 0 Å². The molecule has 2 aromatic rings. The minimum absolute atomic E-state index is 0.186. The summed E-state index contributed by atoms with van der Waals surface area (Å²) in [5.74, 6) is 0.735. The number of benzene rings is 1. The van der Waals surface area contributed by atoms with Crippen LogP contribution in [0.4, 0.5) is 11.5 Å². The second-order valence-electron chi connectivity index (χ2n) is 4.42. The van der Waals surface area contributed by atoms with E-state index >= 15 is 0 Å². The molecule has 19 heavy (non-hydrogen) atoms. The summed E-state index contributed by atoms with van der Waals surface area (Å²) < 4.78 is 31.6. The molecule has 100 valence electrons. The van der Waals surface area contributed by atoms with Gasteiger partial charge in [-0.3, -0.25) is 4.72 Å². The fourth-order valence-electron chi connectivity index (χ4n) is 2.05. The molecule has 0 unspecified atom stereocenters. The number of nitrogens with zero attached hydrogens (tertiary/aromatic N) is 1. The summed E-state index contributed by atoms with van der Waals surface area (Å²) >= 11 is 0. The van der Waals surface area contributed by atoms with Gasteiger partial charge in [0.2, 0.25) is 0 Å². The summed E-state index contributed by atoms with van der Waals surface area (Å²) in [4.78, 5) is 0.210. The third kappa shape index (κ3) is 2.28. The van der Waals surface area contributed by atoms with Gasteiger partial charge in [0, 0.05) is 18.3 Å². The summed E-state index contributed by atoms with van der Waals surface area (Å²) in [5, 5.41) is 6.77. The first-order valence-electron chi connectivity index (χ1n) is 5.87. The Balaban J connectivity index is 1.92. The Bertz CT molecular complexity index is 722. The molecule has 0 radical (unpaired) electrons. The Kier molecular flexibility index (Phi) is 2.70. The Morgan fingerprint density at radius 3 is 2.95 bits per heavy atom. The number of aromatic nitrogens is 1. The van der Waals surface area contributed by atoms with Crippen molar-refractivity contribution in [2.45, 2.75) is 18.2 Å². The summed E-state index contributed by atoms with van der Waals surface area (Å²) in [5.41, 5.74) is 2.01. The molecular weight excluding hydrogens is 266 g/mol. The molecule has 0 bridgehead atoms. The van der Waals surface area contributed by atoms with Crippen molar-refractivity contribution in [2.24, 2.45) is 0 Å². The van der Waals surface area contributed by atoms with E-state index in [9.17, 15) is 8.42 Å². The van der Waals surface area contributed by atoms with Crippen molar-refractivity contribution in [2.75, 3.05) is 16.6 Å². The van der Waals surface area contributed by atoms with Crippen LogP contribution in [0.15, 0.2) is 33.7 Å². The van der Waals surface area contributed by atoms with Gasteiger partial charge < -0.3 is 9.84 Å². The number of fused-ring (bicyclic) bond motifs is 1. The lowest BCUT2D eigenvalue weighted by molar-refractivity contribution is 0.400. The monoisotopic (exact) mass is 279 g/mol. The highest BCUT2D eigenvalue weighted by Crippen LogP contribution is 2.26. The molecule has 3 rings (SSSR count). The quantitative estimate of drug-likeness (QED) is 0.894. The van der Waals surface area contributed by atoms with Gasteiger partial charge in [0.25, 0.3) is 10.0 Å². The molecule has 0 fully saturated rings. The second kappa shape index (κ2) is 4.27. The van der Waals surface area contributed by atoms with E-state index in [4.69, 9.17) is 4.52 Å². The Morgan fingerprint density at radius 2 is 2.21 bits per heavy atom. The maximum absolute atomic E-state index is 12.2. The number of hydrogen-bond acceptors (Lipinski definition) is 5. The van der Waals surface area contributed by atoms with Crippen molar-refractivity contribution in [3.05, 3.63) is 35.6 Å². The predicted octanol–water partition coefficient (Wildman–Crippen LogP) is 1.75. The fourth-order valence-corrected chi connectivity index (χ4v) is 3.06. The predicted molar refractivity (Wildman–Crippen MR) is 70.7 cm³/mol. The van der Waals surface area contributed by atoms with Crippen molar-refractivity contribution in [1.29, 1.82) is 0 Å². The van der Waals surface area contributed by atoms with E-state index in [0.717, 1.165) is 24.2 Å². The van der Waals surface area contributed by atoms with E-state index in [1.807, 2.05) is 6.07 Å². The lowest BCUT2D eigenvalue weighted by atomic mass is 10.2. The Morgan fingerprint density at radius 1 is 1.37 bits per heavy atom. The molecule has 7 heteroatoms. The largest absolute Gasteiger partial charge is 0.384 e. The van der Waals surface area contributed by atoms with Crippen LogP contribution in [0.3, 0.4) is 0 Å². The van der Waals surface area contributed by atoms with E-state index < -0.39 is 10.0 Å². The minimum Gasteiger partial charge on any atom is -0.384 e. The molecule has 2 heterocycles. The van der Waals surface area contributed by atoms with Gasteiger partial charge >= 0.3 is 0 Å². The van der Waals surface area contributed by atoms with E-state index in [2.05, 4.69) is 15.2 Å². The second-order valence-corrected chi connectivity index (χ2v) is 6.11. The molecular formula is C12H13N3O3S. The van der Waals surface area contributed by atoms with Gasteiger partial charge in [-0.15, -0.1) is 0 Å². The molecule has 1 aromatic carbocycles. The molecule has 0 aliphatic carbocycles. The van der Waals surface area contributed by atoms with Crippen LogP contribution in [0.5, 0.6) is 0 Å². The summed E-state index contributed by atoms with van der Waals surface area (Å²) in [6.45, 7) is 2.54. The first-order valence-corrected chi connectivity index (χ1v) is 7.36. The van der Waals surface area contributed by atoms with Gasteiger partial charge in [-0.1, -0.05) is 11.2 Å². The topological polar surface area (TPSA) is 84.2 Å². The van der Waals surface area contributed by atoms with Crippen molar-refractivity contribution < 1.29 is 12.9 Å². The SMILES string of the molecule is Cc1cc(NS(=O)(=O)c2ccc3c(c2)NCC3)no1. The number of rotatable bonds is 3. The van der Waals surface area contributed by atoms with Crippen molar-refractivity contribution in [1.82, 2.24) is 5.16 Å². The van der Waals surface area contributed by atoms with E-state index in [1.54, 1.807) is 19.1 Å². The normalized spacial score (nSPS) is 13.9. The van der Waals surface area contributed by atoms with Gasteiger partial charge in [-0.25, -0.2) is 8.42 Å². The molecule has 0 atom stereocenters. The molecule has 0 saturated heterocycles. The van der Waals surface area contributed by atoms with Crippen LogP contribution in [-0.2, 0) is 16.4 Å². The van der Waals surface area contributed by atoms with Crippen LogP contribution >= 0.6 is 0 Å². The maximum Gasteiger partial charge on any atom is 0.263 e. The van der Waals surface area contributed by atoms with E-state index in [-0.39, 0.29) is 10.7 Å². The maximum atomic E-state index is 12.2. The molecule has 0 amide bonds. The highest BCUT2D eigenvalue weighted by Gasteiger charge is 2.19. The highest BCUT2D eigenvalue weighted by molar-refractivity contribution is 7.92. The average Bonchev–Trinajstić information content (AvgIpc) is 2.96. The third-order valence-corrected chi connectivity index (χ3v) is 4.32. The van der Waals surface area contributed by atoms with Gasteiger partial charge in [-0.05, 0) is 31.0 Å². The highest BCUT2D eigenvalue weighted by atomic mass is 32.2. The molecule has 1 aliphatic heterocycles. The summed E-state index contributed by atoms with van der Waals surface area (Å²) in [7, 11) is -3.63. The lowest BCUT2D eigenvalue weighted by Gasteiger charge is -2.07. The zero-order chi connectivity index (χ0) is 13.5. The van der Waals surface area contributed by atoms with Crippen molar-refractivity contribution in [3.8, 4) is 0 Å². The van der Waals surface area contributed by atoms with Crippen LogP contribution in [0.1, 0.15) is 11.3 Å². The van der Waals surface area contributed by atoms with E-state index in [0.29, 0.717) is 5.76 Å². The molecule has 1 aromatic heterocycles. The smallest absolute Gasteiger partial charge is 0.263 e. The minimum atomic E-state index is -3.63. The molecule has 1 aliphatic rings. The Hall–Kier alpha value is -2.02. The Labute approximate surface area is 110 Å². The number of hydrogen-bond donors (Lipinski definition) is 2. The number of anilines is 2. The first kappa shape index (κ1) is 12.0.